The number of carbonyl (C=O) groups excluding carboxylic acids is 1. The maximum Gasteiger partial charge on any atom is 0.335 e. The van der Waals surface area contributed by atoms with Crippen molar-refractivity contribution in [2.45, 2.75) is 0 Å². The highest BCUT2D eigenvalue weighted by Crippen LogP contribution is 2.33. The number of nitriles is 1. The van der Waals surface area contributed by atoms with Crippen LogP contribution in [0.4, 0.5) is 11.4 Å². The number of benzene rings is 2. The van der Waals surface area contributed by atoms with Gasteiger partial charge < -0.3 is 14.8 Å². The molecule has 0 aliphatic rings. The average molecular weight is 438 g/mol. The van der Waals surface area contributed by atoms with Crippen molar-refractivity contribution in [3.05, 3.63) is 86.6 Å². The van der Waals surface area contributed by atoms with Crippen LogP contribution in [0.25, 0.3) is 17.4 Å². The van der Waals surface area contributed by atoms with Crippen molar-refractivity contribution >= 4 is 40.9 Å². The van der Waals surface area contributed by atoms with Crippen molar-refractivity contribution in [1.29, 1.82) is 5.26 Å². The number of nitro benzene ring substituents is 1. The predicted octanol–water partition coefficient (Wildman–Crippen LogP) is 4.75. The molecule has 3 aromatic rings. The number of hydrogen-bond acceptors (Lipinski definition) is 6. The van der Waals surface area contributed by atoms with E-state index in [1.165, 1.54) is 60.7 Å². The van der Waals surface area contributed by atoms with Crippen LogP contribution < -0.4 is 5.32 Å². The Morgan fingerprint density at radius 2 is 1.87 bits per heavy atom. The third-order valence-electron chi connectivity index (χ3n) is 4.09. The molecule has 0 spiro atoms. The first-order chi connectivity index (χ1) is 14.8. The normalized spacial score (nSPS) is 10.9. The van der Waals surface area contributed by atoms with Crippen LogP contribution in [0.2, 0.25) is 5.02 Å². The Morgan fingerprint density at radius 3 is 2.48 bits per heavy atom. The zero-order valence-electron chi connectivity index (χ0n) is 15.5. The lowest BCUT2D eigenvalue weighted by Crippen LogP contribution is -2.13. The number of nitrogens with zero attached hydrogens (tertiary/aromatic N) is 2. The molecule has 1 aromatic heterocycles. The number of rotatable bonds is 6. The van der Waals surface area contributed by atoms with Gasteiger partial charge in [-0.05, 0) is 48.5 Å². The molecule has 0 radical (unpaired) electrons. The summed E-state index contributed by atoms with van der Waals surface area (Å²) in [4.78, 5) is 33.9. The Hall–Kier alpha value is -4.42. The Kier molecular flexibility index (Phi) is 6.14. The van der Waals surface area contributed by atoms with Gasteiger partial charge in [0.15, 0.2) is 0 Å². The average Bonchev–Trinajstić information content (AvgIpc) is 3.20. The molecular weight excluding hydrogens is 426 g/mol. The molecule has 0 saturated carbocycles. The smallest absolute Gasteiger partial charge is 0.335 e. The lowest BCUT2D eigenvalue weighted by Gasteiger charge is -2.04. The lowest BCUT2D eigenvalue weighted by atomic mass is 10.1. The molecule has 0 aliphatic heterocycles. The van der Waals surface area contributed by atoms with Crippen LogP contribution in [0.3, 0.4) is 0 Å². The second-order valence-corrected chi connectivity index (χ2v) is 6.56. The van der Waals surface area contributed by atoms with E-state index in [4.69, 9.17) is 21.1 Å². The Labute approximate surface area is 179 Å². The van der Waals surface area contributed by atoms with Crippen molar-refractivity contribution in [1.82, 2.24) is 0 Å². The van der Waals surface area contributed by atoms with E-state index in [1.54, 1.807) is 6.07 Å². The number of nitrogens with one attached hydrogen (secondary N) is 1. The van der Waals surface area contributed by atoms with Gasteiger partial charge in [-0.1, -0.05) is 11.6 Å². The molecule has 0 fully saturated rings. The van der Waals surface area contributed by atoms with Crippen molar-refractivity contribution in [2.24, 2.45) is 0 Å². The highest BCUT2D eigenvalue weighted by atomic mass is 35.5. The highest BCUT2D eigenvalue weighted by molar-refractivity contribution is 6.30. The molecule has 0 saturated heterocycles. The van der Waals surface area contributed by atoms with E-state index in [0.717, 1.165) is 0 Å². The Morgan fingerprint density at radius 1 is 1.16 bits per heavy atom. The first-order valence-corrected chi connectivity index (χ1v) is 8.97. The number of carboxylic acids is 1. The SMILES string of the molecule is N#CC(=Cc1ccc(-c2ccc(Cl)cc2[N+](=O)[O-])o1)C(=O)Nc1ccc(C(=O)O)cc1. The fourth-order valence-electron chi connectivity index (χ4n) is 2.62. The fraction of sp³-hybridized carbons (Fsp3) is 0. The van der Waals surface area contributed by atoms with Gasteiger partial charge in [0.05, 0.1) is 16.1 Å². The topological polar surface area (TPSA) is 146 Å². The summed E-state index contributed by atoms with van der Waals surface area (Å²) in [5.74, 6) is -1.55. The van der Waals surface area contributed by atoms with Crippen molar-refractivity contribution in [3.8, 4) is 17.4 Å². The van der Waals surface area contributed by atoms with E-state index in [1.807, 2.05) is 0 Å². The van der Waals surface area contributed by atoms with Crippen LogP contribution in [0.15, 0.2) is 64.6 Å². The number of nitro groups is 1. The number of halogens is 1. The summed E-state index contributed by atoms with van der Waals surface area (Å²) in [7, 11) is 0. The van der Waals surface area contributed by atoms with Crippen molar-refractivity contribution in [3.63, 3.8) is 0 Å². The summed E-state index contributed by atoms with van der Waals surface area (Å²) in [6, 6.07) is 14.2. The zero-order chi connectivity index (χ0) is 22.5. The van der Waals surface area contributed by atoms with Gasteiger partial charge in [0.25, 0.3) is 11.6 Å². The molecule has 1 heterocycles. The van der Waals surface area contributed by atoms with Crippen LogP contribution in [-0.4, -0.2) is 21.9 Å². The molecule has 0 bridgehead atoms. The number of furan rings is 1. The Balaban J connectivity index is 1.83. The summed E-state index contributed by atoms with van der Waals surface area (Å²) in [5, 5.41) is 32.2. The highest BCUT2D eigenvalue weighted by Gasteiger charge is 2.19. The monoisotopic (exact) mass is 437 g/mol. The fourth-order valence-corrected chi connectivity index (χ4v) is 2.79. The van der Waals surface area contributed by atoms with Crippen LogP contribution in [0.1, 0.15) is 16.1 Å². The standard InChI is InChI=1S/C21H12ClN3O6/c22-14-3-7-17(18(10-14)25(29)30)19-8-6-16(31-19)9-13(11-23)20(26)24-15-4-1-12(2-5-15)21(27)28/h1-10H,(H,24,26)(H,27,28). The van der Waals surface area contributed by atoms with E-state index >= 15 is 0 Å². The molecule has 10 heteroatoms. The molecule has 31 heavy (non-hydrogen) atoms. The van der Waals surface area contributed by atoms with Crippen LogP contribution >= 0.6 is 11.6 Å². The summed E-state index contributed by atoms with van der Waals surface area (Å²) >= 11 is 5.81. The van der Waals surface area contributed by atoms with E-state index in [9.17, 15) is 25.0 Å². The molecule has 1 amide bonds. The minimum atomic E-state index is -1.11. The summed E-state index contributed by atoms with van der Waals surface area (Å²) < 4.78 is 5.55. The largest absolute Gasteiger partial charge is 0.478 e. The van der Waals surface area contributed by atoms with Gasteiger partial charge in [-0.15, -0.1) is 0 Å². The number of amides is 1. The van der Waals surface area contributed by atoms with Crippen LogP contribution in [0.5, 0.6) is 0 Å². The maximum atomic E-state index is 12.4. The molecule has 2 aromatic carbocycles. The Bertz CT molecular complexity index is 1250. The predicted molar refractivity (Wildman–Crippen MR) is 111 cm³/mol. The first-order valence-electron chi connectivity index (χ1n) is 8.59. The third kappa shape index (κ3) is 4.95. The zero-order valence-corrected chi connectivity index (χ0v) is 16.3. The summed E-state index contributed by atoms with van der Waals surface area (Å²) in [5.41, 5.74) is 0.00584. The number of hydrogen-bond donors (Lipinski definition) is 2. The summed E-state index contributed by atoms with van der Waals surface area (Å²) in [6.45, 7) is 0. The van der Waals surface area contributed by atoms with Gasteiger partial charge in [-0.3, -0.25) is 14.9 Å². The quantitative estimate of drug-likeness (QED) is 0.244. The van der Waals surface area contributed by atoms with Crippen molar-refractivity contribution < 1.29 is 24.0 Å². The van der Waals surface area contributed by atoms with Crippen LogP contribution in [-0.2, 0) is 4.79 Å². The van der Waals surface area contributed by atoms with Gasteiger partial charge in [-0.2, -0.15) is 5.26 Å². The molecule has 0 aliphatic carbocycles. The molecule has 2 N–H and O–H groups in total. The molecule has 3 rings (SSSR count). The van der Waals surface area contributed by atoms with Gasteiger partial charge in [0.2, 0.25) is 0 Å². The van der Waals surface area contributed by atoms with Gasteiger partial charge in [-0.25, -0.2) is 4.79 Å². The molecule has 154 valence electrons. The lowest BCUT2D eigenvalue weighted by molar-refractivity contribution is -0.384. The number of carboxylic acid groups (broad SMARTS) is 1. The van der Waals surface area contributed by atoms with Gasteiger partial charge in [0, 0.05) is 22.9 Å². The number of aromatic carboxylic acids is 1. The molecular formula is C21H12ClN3O6. The second-order valence-electron chi connectivity index (χ2n) is 6.13. The van der Waals surface area contributed by atoms with Gasteiger partial charge in [0.1, 0.15) is 23.2 Å². The molecule has 0 atom stereocenters. The van der Waals surface area contributed by atoms with E-state index in [0.29, 0.717) is 5.69 Å². The summed E-state index contributed by atoms with van der Waals surface area (Å²) in [6.07, 6.45) is 1.19. The maximum absolute atomic E-state index is 12.4. The minimum absolute atomic E-state index is 0.0495. The number of carbonyl (C=O) groups is 2. The second kappa shape index (κ2) is 8.94. The molecule has 0 unspecified atom stereocenters. The third-order valence-corrected chi connectivity index (χ3v) is 4.33. The van der Waals surface area contributed by atoms with E-state index in [-0.39, 0.29) is 38.9 Å². The van der Waals surface area contributed by atoms with Crippen molar-refractivity contribution in [2.75, 3.05) is 5.32 Å². The molecule has 9 nitrogen and oxygen atoms in total. The first kappa shape index (κ1) is 21.3. The van der Waals surface area contributed by atoms with Crippen LogP contribution in [0, 0.1) is 21.4 Å². The van der Waals surface area contributed by atoms with E-state index < -0.39 is 16.8 Å². The minimum Gasteiger partial charge on any atom is -0.478 e. The van der Waals surface area contributed by atoms with Gasteiger partial charge >= 0.3 is 5.97 Å². The number of anilines is 1. The van der Waals surface area contributed by atoms with E-state index in [2.05, 4.69) is 5.32 Å².